The van der Waals surface area contributed by atoms with Gasteiger partial charge in [0, 0.05) is 24.7 Å². The van der Waals surface area contributed by atoms with E-state index in [1.54, 1.807) is 24.0 Å². The first-order valence-electron chi connectivity index (χ1n) is 11.5. The van der Waals surface area contributed by atoms with Gasteiger partial charge in [0.1, 0.15) is 10.5 Å². The second-order valence-corrected chi connectivity index (χ2v) is 9.92. The van der Waals surface area contributed by atoms with E-state index in [0.29, 0.717) is 20.8 Å². The number of aromatic nitrogens is 1. The third-order valence-corrected chi connectivity index (χ3v) is 7.39. The predicted octanol–water partition coefficient (Wildman–Crippen LogP) is 3.45. The van der Waals surface area contributed by atoms with Crippen molar-refractivity contribution < 1.29 is 18.8 Å². The fraction of sp³-hybridized carbons (Fsp3) is 0.360. The number of carbonyl (C=O) groups is 3. The van der Waals surface area contributed by atoms with Gasteiger partial charge in [-0.25, -0.2) is 9.37 Å². The number of benzene rings is 2. The molecule has 3 amide bonds. The molecule has 2 N–H and O–H groups in total. The van der Waals surface area contributed by atoms with E-state index in [4.69, 9.17) is 0 Å². The van der Waals surface area contributed by atoms with Crippen LogP contribution in [0, 0.1) is 5.82 Å². The highest BCUT2D eigenvalue weighted by atomic mass is 32.1. The molecule has 2 aromatic carbocycles. The molecule has 9 heteroatoms. The van der Waals surface area contributed by atoms with Crippen LogP contribution in [-0.4, -0.2) is 53.3 Å². The zero-order valence-electron chi connectivity index (χ0n) is 18.8. The van der Waals surface area contributed by atoms with Crippen molar-refractivity contribution in [3.8, 4) is 11.1 Å². The molecule has 0 radical (unpaired) electrons. The SMILES string of the molecule is CC(C(=O)NCC(=O)NC1CC1)c1nc2c(F)cc(-c3ccc(C(=O)N4CCC4)cc3)cc2s1. The zero-order valence-corrected chi connectivity index (χ0v) is 19.6. The number of nitrogens with zero attached hydrogens (tertiary/aromatic N) is 2. The lowest BCUT2D eigenvalue weighted by atomic mass is 10.0. The smallest absolute Gasteiger partial charge is 0.253 e. The van der Waals surface area contributed by atoms with Crippen LogP contribution in [0.15, 0.2) is 36.4 Å². The summed E-state index contributed by atoms with van der Waals surface area (Å²) < 4.78 is 15.5. The van der Waals surface area contributed by atoms with Crippen molar-refractivity contribution >= 4 is 39.3 Å². The number of halogens is 1. The summed E-state index contributed by atoms with van der Waals surface area (Å²) in [4.78, 5) is 42.8. The Kier molecular flexibility index (Phi) is 6.03. The Morgan fingerprint density at radius 3 is 2.53 bits per heavy atom. The Hall–Kier alpha value is -3.33. The monoisotopic (exact) mass is 480 g/mol. The van der Waals surface area contributed by atoms with Crippen LogP contribution in [0.3, 0.4) is 0 Å². The molecule has 34 heavy (non-hydrogen) atoms. The van der Waals surface area contributed by atoms with Crippen LogP contribution in [0.4, 0.5) is 4.39 Å². The number of likely N-dealkylation sites (tertiary alicyclic amines) is 1. The van der Waals surface area contributed by atoms with E-state index >= 15 is 0 Å². The highest BCUT2D eigenvalue weighted by Gasteiger charge is 2.25. The molecule has 1 saturated heterocycles. The van der Waals surface area contributed by atoms with E-state index in [9.17, 15) is 18.8 Å². The highest BCUT2D eigenvalue weighted by molar-refractivity contribution is 7.18. The Labute approximate surface area is 200 Å². The second-order valence-electron chi connectivity index (χ2n) is 8.86. The van der Waals surface area contributed by atoms with Crippen molar-refractivity contribution in [1.29, 1.82) is 0 Å². The van der Waals surface area contributed by atoms with E-state index in [-0.39, 0.29) is 35.8 Å². The summed E-state index contributed by atoms with van der Waals surface area (Å²) in [5, 5.41) is 5.94. The summed E-state index contributed by atoms with van der Waals surface area (Å²) >= 11 is 1.26. The van der Waals surface area contributed by atoms with Gasteiger partial charge in [0.25, 0.3) is 5.91 Å². The maximum atomic E-state index is 14.9. The minimum Gasteiger partial charge on any atom is -0.352 e. The summed E-state index contributed by atoms with van der Waals surface area (Å²) in [5.74, 6) is -1.59. The molecule has 0 spiro atoms. The average molecular weight is 481 g/mol. The van der Waals surface area contributed by atoms with Crippen LogP contribution >= 0.6 is 11.3 Å². The molecule has 1 aliphatic heterocycles. The summed E-state index contributed by atoms with van der Waals surface area (Å²) in [7, 11) is 0. The third-order valence-electron chi connectivity index (χ3n) is 6.20. The zero-order chi connectivity index (χ0) is 23.8. The maximum absolute atomic E-state index is 14.9. The predicted molar refractivity (Wildman–Crippen MR) is 128 cm³/mol. The van der Waals surface area contributed by atoms with Gasteiger partial charge in [-0.3, -0.25) is 14.4 Å². The van der Waals surface area contributed by atoms with Crippen molar-refractivity contribution in [2.75, 3.05) is 19.6 Å². The van der Waals surface area contributed by atoms with Gasteiger partial charge in [-0.15, -0.1) is 11.3 Å². The second kappa shape index (κ2) is 9.13. The van der Waals surface area contributed by atoms with E-state index in [2.05, 4.69) is 15.6 Å². The molecule has 2 fully saturated rings. The lowest BCUT2D eigenvalue weighted by Crippen LogP contribution is -2.41. The van der Waals surface area contributed by atoms with Crippen molar-refractivity contribution in [3.63, 3.8) is 0 Å². The first-order chi connectivity index (χ1) is 16.4. The molecular formula is C25H25FN4O3S. The number of nitrogens with one attached hydrogen (secondary N) is 2. The normalized spacial score (nSPS) is 16.1. The lowest BCUT2D eigenvalue weighted by molar-refractivity contribution is -0.126. The average Bonchev–Trinajstić information content (AvgIpc) is 3.50. The fourth-order valence-corrected chi connectivity index (χ4v) is 4.88. The first-order valence-corrected chi connectivity index (χ1v) is 12.3. The molecule has 2 heterocycles. The number of rotatable bonds is 7. The summed E-state index contributed by atoms with van der Waals surface area (Å²) in [5.41, 5.74) is 2.32. The minimum atomic E-state index is -0.610. The van der Waals surface area contributed by atoms with Gasteiger partial charge < -0.3 is 15.5 Å². The molecule has 1 atom stereocenters. The largest absolute Gasteiger partial charge is 0.352 e. The summed E-state index contributed by atoms with van der Waals surface area (Å²) in [6, 6.07) is 10.7. The molecular weight excluding hydrogens is 455 g/mol. The Morgan fingerprint density at radius 1 is 1.15 bits per heavy atom. The van der Waals surface area contributed by atoms with Crippen molar-refractivity contribution in [3.05, 3.63) is 52.8 Å². The van der Waals surface area contributed by atoms with Crippen LogP contribution in [0.2, 0.25) is 0 Å². The number of amides is 3. The van der Waals surface area contributed by atoms with Crippen LogP contribution < -0.4 is 10.6 Å². The molecule has 1 aromatic heterocycles. The molecule has 7 nitrogen and oxygen atoms in total. The molecule has 3 aromatic rings. The Morgan fingerprint density at radius 2 is 1.88 bits per heavy atom. The van der Waals surface area contributed by atoms with Gasteiger partial charge in [0.15, 0.2) is 5.82 Å². The fourth-order valence-electron chi connectivity index (χ4n) is 3.80. The number of fused-ring (bicyclic) bond motifs is 1. The van der Waals surface area contributed by atoms with Crippen molar-refractivity contribution in [2.24, 2.45) is 0 Å². The number of thiazole rings is 1. The first kappa shape index (κ1) is 22.5. The van der Waals surface area contributed by atoms with Gasteiger partial charge in [-0.05, 0) is 61.6 Å². The van der Waals surface area contributed by atoms with E-state index in [1.807, 2.05) is 18.2 Å². The molecule has 0 bridgehead atoms. The summed E-state index contributed by atoms with van der Waals surface area (Å²) in [6.45, 7) is 3.19. The summed E-state index contributed by atoms with van der Waals surface area (Å²) in [6.07, 6.45) is 3.00. The van der Waals surface area contributed by atoms with Gasteiger partial charge >= 0.3 is 0 Å². The van der Waals surface area contributed by atoms with Crippen LogP contribution in [-0.2, 0) is 9.59 Å². The molecule has 176 valence electrons. The number of hydrogen-bond acceptors (Lipinski definition) is 5. The molecule has 2 aliphatic rings. The highest BCUT2D eigenvalue weighted by Crippen LogP contribution is 2.33. The third kappa shape index (κ3) is 4.65. The molecule has 1 aliphatic carbocycles. The standard InChI is InChI=1S/C25H25FN4O3S/c1-14(23(32)27-13-21(31)28-18-7-8-18)24-29-22-19(26)11-17(12-20(22)34-24)15-3-5-16(6-4-15)25(33)30-9-2-10-30/h3-6,11-12,14,18H,2,7-10,13H2,1H3,(H,27,32)(H,28,31). The Balaban J connectivity index is 1.30. The van der Waals surface area contributed by atoms with E-state index in [1.165, 1.54) is 17.4 Å². The van der Waals surface area contributed by atoms with Gasteiger partial charge in [-0.2, -0.15) is 0 Å². The number of carbonyl (C=O) groups excluding carboxylic acids is 3. The lowest BCUT2D eigenvalue weighted by Gasteiger charge is -2.30. The van der Waals surface area contributed by atoms with Crippen LogP contribution in [0.25, 0.3) is 21.3 Å². The number of hydrogen-bond donors (Lipinski definition) is 2. The van der Waals surface area contributed by atoms with E-state index in [0.717, 1.165) is 37.9 Å². The topological polar surface area (TPSA) is 91.4 Å². The maximum Gasteiger partial charge on any atom is 0.253 e. The van der Waals surface area contributed by atoms with Crippen LogP contribution in [0.1, 0.15) is 47.5 Å². The van der Waals surface area contributed by atoms with Crippen molar-refractivity contribution in [2.45, 2.75) is 38.1 Å². The van der Waals surface area contributed by atoms with Crippen LogP contribution in [0.5, 0.6) is 0 Å². The van der Waals surface area contributed by atoms with Gasteiger partial charge in [0.2, 0.25) is 11.8 Å². The quantitative estimate of drug-likeness (QED) is 0.542. The van der Waals surface area contributed by atoms with Gasteiger partial charge in [0.05, 0.1) is 17.2 Å². The van der Waals surface area contributed by atoms with Gasteiger partial charge in [-0.1, -0.05) is 12.1 Å². The van der Waals surface area contributed by atoms with E-state index < -0.39 is 11.7 Å². The molecule has 1 unspecified atom stereocenters. The minimum absolute atomic E-state index is 0.0174. The molecule has 1 saturated carbocycles. The molecule has 5 rings (SSSR count). The Bertz CT molecular complexity index is 1270. The van der Waals surface area contributed by atoms with Crippen molar-refractivity contribution in [1.82, 2.24) is 20.5 Å².